The molecule has 0 spiro atoms. The summed E-state index contributed by atoms with van der Waals surface area (Å²) in [6.07, 6.45) is -0.0670. The highest BCUT2D eigenvalue weighted by Gasteiger charge is 2.40. The van der Waals surface area contributed by atoms with Gasteiger partial charge in [0.15, 0.2) is 0 Å². The lowest BCUT2D eigenvalue weighted by Crippen LogP contribution is -2.62. The van der Waals surface area contributed by atoms with Gasteiger partial charge in [-0.15, -0.1) is 0 Å². The van der Waals surface area contributed by atoms with Crippen molar-refractivity contribution in [3.05, 3.63) is 0 Å². The van der Waals surface area contributed by atoms with Crippen LogP contribution in [0, 0.1) is 0 Å². The fourth-order valence-electron chi connectivity index (χ4n) is 2.78. The van der Waals surface area contributed by atoms with E-state index in [1.165, 1.54) is 0 Å². The number of carboxylic acids is 1. The maximum absolute atomic E-state index is 12.3. The van der Waals surface area contributed by atoms with Crippen LogP contribution in [0.1, 0.15) is 54.4 Å². The standard InChI is InChI=1S/C14H27N3O4/c1-13(2,3)17(14(4,5)6)9(7-8-10(18)19)11(20)16-12(15)21/h9H,7-8H2,1-6H3,(H,18,19)(H3,15,16,20,21)/t9-/m0/s1. The Morgan fingerprint density at radius 3 is 1.81 bits per heavy atom. The number of nitrogens with one attached hydrogen (secondary N) is 1. The topological polar surface area (TPSA) is 113 Å². The first-order valence-corrected chi connectivity index (χ1v) is 6.88. The number of carbonyl (C=O) groups is 3. The van der Waals surface area contributed by atoms with Gasteiger partial charge in [-0.25, -0.2) is 4.79 Å². The summed E-state index contributed by atoms with van der Waals surface area (Å²) in [7, 11) is 0. The molecule has 0 aromatic heterocycles. The van der Waals surface area contributed by atoms with Crippen molar-refractivity contribution in [2.24, 2.45) is 5.73 Å². The maximum Gasteiger partial charge on any atom is 0.318 e. The molecule has 0 aliphatic carbocycles. The third-order valence-corrected chi connectivity index (χ3v) is 2.94. The summed E-state index contributed by atoms with van der Waals surface area (Å²) in [5.41, 5.74) is 4.21. The number of imide groups is 1. The van der Waals surface area contributed by atoms with Crippen molar-refractivity contribution >= 4 is 17.9 Å². The van der Waals surface area contributed by atoms with Gasteiger partial charge in [-0.05, 0) is 48.0 Å². The molecule has 0 radical (unpaired) electrons. The third-order valence-electron chi connectivity index (χ3n) is 2.94. The lowest BCUT2D eigenvalue weighted by Gasteiger charge is -2.49. The molecule has 0 heterocycles. The lowest BCUT2D eigenvalue weighted by molar-refractivity contribution is -0.139. The molecule has 0 aliphatic heterocycles. The van der Waals surface area contributed by atoms with E-state index in [0.29, 0.717) is 0 Å². The molecule has 0 saturated carbocycles. The lowest BCUT2D eigenvalue weighted by atomic mass is 9.91. The van der Waals surface area contributed by atoms with Gasteiger partial charge in [0, 0.05) is 17.5 Å². The Morgan fingerprint density at radius 2 is 1.52 bits per heavy atom. The zero-order valence-electron chi connectivity index (χ0n) is 13.7. The summed E-state index contributed by atoms with van der Waals surface area (Å²) in [5.74, 6) is -1.57. The van der Waals surface area contributed by atoms with E-state index >= 15 is 0 Å². The highest BCUT2D eigenvalue weighted by Crippen LogP contribution is 2.29. The highest BCUT2D eigenvalue weighted by atomic mass is 16.4. The molecule has 4 N–H and O–H groups in total. The largest absolute Gasteiger partial charge is 0.481 e. The van der Waals surface area contributed by atoms with E-state index in [0.717, 1.165) is 0 Å². The average molecular weight is 301 g/mol. The van der Waals surface area contributed by atoms with Gasteiger partial charge in [0.1, 0.15) is 0 Å². The van der Waals surface area contributed by atoms with Crippen molar-refractivity contribution in [3.8, 4) is 0 Å². The number of carboxylic acid groups (broad SMARTS) is 1. The van der Waals surface area contributed by atoms with Crippen molar-refractivity contribution in [1.82, 2.24) is 10.2 Å². The minimum Gasteiger partial charge on any atom is -0.481 e. The summed E-state index contributed by atoms with van der Waals surface area (Å²) in [4.78, 5) is 35.9. The first-order chi connectivity index (χ1) is 9.26. The van der Waals surface area contributed by atoms with Crippen LogP contribution in [0.2, 0.25) is 0 Å². The first-order valence-electron chi connectivity index (χ1n) is 6.88. The zero-order chi connectivity index (χ0) is 17.0. The number of urea groups is 1. The minimum atomic E-state index is -0.991. The molecule has 21 heavy (non-hydrogen) atoms. The molecule has 0 saturated heterocycles. The number of primary amides is 1. The van der Waals surface area contributed by atoms with Crippen LogP contribution in [0.25, 0.3) is 0 Å². The van der Waals surface area contributed by atoms with Crippen LogP contribution in [0.5, 0.6) is 0 Å². The van der Waals surface area contributed by atoms with E-state index in [4.69, 9.17) is 10.8 Å². The van der Waals surface area contributed by atoms with E-state index in [1.54, 1.807) is 0 Å². The van der Waals surface area contributed by atoms with E-state index in [1.807, 2.05) is 46.4 Å². The zero-order valence-corrected chi connectivity index (χ0v) is 13.7. The summed E-state index contributed by atoms with van der Waals surface area (Å²) in [6, 6.07) is -1.70. The smallest absolute Gasteiger partial charge is 0.318 e. The molecule has 122 valence electrons. The quantitative estimate of drug-likeness (QED) is 0.708. The molecule has 7 heteroatoms. The molecule has 0 fully saturated rings. The Bertz CT molecular complexity index is 393. The Labute approximate surface area is 125 Å². The monoisotopic (exact) mass is 301 g/mol. The molecule has 0 aromatic carbocycles. The van der Waals surface area contributed by atoms with Crippen LogP contribution >= 0.6 is 0 Å². The summed E-state index contributed by atoms with van der Waals surface area (Å²) >= 11 is 0. The number of amides is 3. The molecule has 0 bridgehead atoms. The Kier molecular flexibility index (Phi) is 6.35. The molecule has 3 amide bonds. The van der Waals surface area contributed by atoms with Gasteiger partial charge in [-0.2, -0.15) is 0 Å². The van der Waals surface area contributed by atoms with Crippen LogP contribution < -0.4 is 11.1 Å². The maximum atomic E-state index is 12.3. The minimum absolute atomic E-state index is 0.100. The molecular formula is C14H27N3O4. The van der Waals surface area contributed by atoms with Gasteiger partial charge >= 0.3 is 12.0 Å². The second kappa shape index (κ2) is 6.89. The predicted molar refractivity (Wildman–Crippen MR) is 79.7 cm³/mol. The number of nitrogens with two attached hydrogens (primary N) is 1. The van der Waals surface area contributed by atoms with E-state index in [-0.39, 0.29) is 12.8 Å². The Balaban J connectivity index is 5.54. The van der Waals surface area contributed by atoms with Crippen LogP contribution in [-0.4, -0.2) is 45.0 Å². The number of hydrogen-bond donors (Lipinski definition) is 3. The normalized spacial score (nSPS) is 13.9. The second-order valence-electron chi connectivity index (χ2n) is 7.01. The van der Waals surface area contributed by atoms with Crippen molar-refractivity contribution in [2.75, 3.05) is 0 Å². The number of aliphatic carboxylic acids is 1. The second-order valence-corrected chi connectivity index (χ2v) is 7.01. The van der Waals surface area contributed by atoms with Crippen LogP contribution in [0.15, 0.2) is 0 Å². The van der Waals surface area contributed by atoms with Crippen LogP contribution in [0.3, 0.4) is 0 Å². The number of hydrogen-bond acceptors (Lipinski definition) is 4. The first kappa shape index (κ1) is 19.4. The van der Waals surface area contributed by atoms with Gasteiger partial charge in [0.05, 0.1) is 6.04 Å². The Hall–Kier alpha value is -1.63. The summed E-state index contributed by atoms with van der Waals surface area (Å²) in [6.45, 7) is 11.6. The third kappa shape index (κ3) is 6.57. The van der Waals surface area contributed by atoms with E-state index in [9.17, 15) is 14.4 Å². The van der Waals surface area contributed by atoms with Gasteiger partial charge in [-0.1, -0.05) is 0 Å². The van der Waals surface area contributed by atoms with Gasteiger partial charge < -0.3 is 10.8 Å². The van der Waals surface area contributed by atoms with Crippen LogP contribution in [-0.2, 0) is 9.59 Å². The fraction of sp³-hybridized carbons (Fsp3) is 0.786. The highest BCUT2D eigenvalue weighted by molar-refractivity contribution is 5.96. The number of rotatable bonds is 5. The Morgan fingerprint density at radius 1 is 1.10 bits per heavy atom. The fourth-order valence-corrected chi connectivity index (χ4v) is 2.78. The molecule has 0 unspecified atom stereocenters. The SMILES string of the molecule is CC(C)(C)N([C@@H](CCC(=O)O)C(=O)NC(N)=O)C(C)(C)C. The van der Waals surface area contributed by atoms with Crippen molar-refractivity contribution in [3.63, 3.8) is 0 Å². The number of nitrogens with zero attached hydrogens (tertiary/aromatic N) is 1. The van der Waals surface area contributed by atoms with Gasteiger partial charge in [0.25, 0.3) is 0 Å². The number of carbonyl (C=O) groups excluding carboxylic acids is 2. The van der Waals surface area contributed by atoms with E-state index < -0.39 is 35.0 Å². The van der Waals surface area contributed by atoms with Crippen molar-refractivity contribution < 1.29 is 19.5 Å². The summed E-state index contributed by atoms with van der Waals surface area (Å²) < 4.78 is 0. The molecule has 0 aliphatic rings. The predicted octanol–water partition coefficient (Wildman–Crippen LogP) is 1.31. The molecular weight excluding hydrogens is 274 g/mol. The van der Waals surface area contributed by atoms with Crippen molar-refractivity contribution in [1.29, 1.82) is 0 Å². The molecule has 7 nitrogen and oxygen atoms in total. The van der Waals surface area contributed by atoms with Gasteiger partial charge in [0.2, 0.25) is 5.91 Å². The van der Waals surface area contributed by atoms with E-state index in [2.05, 4.69) is 5.32 Å². The molecule has 0 rings (SSSR count). The van der Waals surface area contributed by atoms with Crippen molar-refractivity contribution in [2.45, 2.75) is 71.5 Å². The molecule has 0 aromatic rings. The average Bonchev–Trinajstić information content (AvgIpc) is 2.18. The van der Waals surface area contributed by atoms with Crippen LogP contribution in [0.4, 0.5) is 4.79 Å². The molecule has 1 atom stereocenters. The summed E-state index contributed by atoms with van der Waals surface area (Å²) in [5, 5.41) is 10.9. The van der Waals surface area contributed by atoms with Gasteiger partial charge in [-0.3, -0.25) is 19.8 Å².